The molecule has 12 heavy (non-hydrogen) atoms. The van der Waals surface area contributed by atoms with Gasteiger partial charge in [-0.25, -0.2) is 4.79 Å². The molecule has 1 aromatic rings. The number of rotatable bonds is 2. The first-order valence-electron chi connectivity index (χ1n) is 3.07. The molecule has 0 unspecified atom stereocenters. The lowest BCUT2D eigenvalue weighted by Crippen LogP contribution is -2.05. The molecular weight excluding hydrogens is 244 g/mol. The topological polar surface area (TPSA) is 55.1 Å². The third-order valence-corrected chi connectivity index (χ3v) is 3.04. The summed E-state index contributed by atoms with van der Waals surface area (Å²) in [5.74, 6) is -0.975. The monoisotopic (exact) mass is 250 g/mol. The standard InChI is InChI=1S/C6H7BrN2O2S/c1-9-4(6(10)11)3(7)5(8-9)12-2/h1-2H3,(H,10,11). The molecule has 1 aromatic heterocycles. The fraction of sp³-hybridized carbons (Fsp3) is 0.333. The summed E-state index contributed by atoms with van der Waals surface area (Å²) in [5, 5.41) is 13.4. The number of hydrogen-bond donors (Lipinski definition) is 1. The van der Waals surface area contributed by atoms with Gasteiger partial charge in [-0.15, -0.1) is 11.8 Å². The first-order chi connectivity index (χ1) is 5.57. The number of carbonyl (C=O) groups is 1. The summed E-state index contributed by atoms with van der Waals surface area (Å²) < 4.78 is 1.89. The molecule has 0 atom stereocenters. The van der Waals surface area contributed by atoms with E-state index in [1.807, 2.05) is 6.26 Å². The minimum atomic E-state index is -0.975. The first kappa shape index (κ1) is 9.60. The third-order valence-electron chi connectivity index (χ3n) is 1.36. The highest BCUT2D eigenvalue weighted by atomic mass is 79.9. The van der Waals surface area contributed by atoms with E-state index in [-0.39, 0.29) is 5.69 Å². The summed E-state index contributed by atoms with van der Waals surface area (Å²) in [6.07, 6.45) is 1.85. The molecule has 4 nitrogen and oxygen atoms in total. The molecule has 0 bridgehead atoms. The van der Waals surface area contributed by atoms with Crippen molar-refractivity contribution < 1.29 is 9.90 Å². The van der Waals surface area contributed by atoms with Crippen LogP contribution in [0.1, 0.15) is 10.5 Å². The zero-order valence-electron chi connectivity index (χ0n) is 6.54. The van der Waals surface area contributed by atoms with Crippen LogP contribution in [0, 0.1) is 0 Å². The van der Waals surface area contributed by atoms with E-state index in [2.05, 4.69) is 21.0 Å². The van der Waals surface area contributed by atoms with Crippen molar-refractivity contribution in [1.82, 2.24) is 9.78 Å². The fourth-order valence-electron chi connectivity index (χ4n) is 0.836. The van der Waals surface area contributed by atoms with Gasteiger partial charge in [0, 0.05) is 7.05 Å². The SMILES string of the molecule is CSc1nn(C)c(C(=O)O)c1Br. The van der Waals surface area contributed by atoms with Gasteiger partial charge in [-0.2, -0.15) is 5.10 Å². The molecule has 0 saturated carbocycles. The average Bonchev–Trinajstić information content (AvgIpc) is 2.25. The number of halogens is 1. The Morgan fingerprint density at radius 3 is 2.58 bits per heavy atom. The molecule has 0 saturated heterocycles. The zero-order valence-corrected chi connectivity index (χ0v) is 8.94. The summed E-state index contributed by atoms with van der Waals surface area (Å²) in [5.41, 5.74) is 0.180. The normalized spacial score (nSPS) is 10.2. The molecule has 0 aliphatic carbocycles. The Balaban J connectivity index is 3.28. The Kier molecular flexibility index (Phi) is 2.79. The molecule has 0 amide bonds. The molecule has 1 rings (SSSR count). The second kappa shape index (κ2) is 3.49. The van der Waals surface area contributed by atoms with Gasteiger partial charge in [0.1, 0.15) is 5.03 Å². The van der Waals surface area contributed by atoms with Crippen LogP contribution in [0.15, 0.2) is 9.50 Å². The summed E-state index contributed by atoms with van der Waals surface area (Å²) in [4.78, 5) is 10.7. The molecule has 0 radical (unpaired) electrons. The fourth-order valence-corrected chi connectivity index (χ4v) is 2.31. The van der Waals surface area contributed by atoms with Crippen molar-refractivity contribution in [3.05, 3.63) is 10.2 Å². The van der Waals surface area contributed by atoms with E-state index < -0.39 is 5.97 Å². The molecule has 0 aliphatic heterocycles. The van der Waals surface area contributed by atoms with E-state index in [9.17, 15) is 4.79 Å². The van der Waals surface area contributed by atoms with Gasteiger partial charge >= 0.3 is 5.97 Å². The van der Waals surface area contributed by atoms with Gasteiger partial charge in [0.05, 0.1) is 4.47 Å². The lowest BCUT2D eigenvalue weighted by atomic mass is 10.4. The van der Waals surface area contributed by atoms with E-state index >= 15 is 0 Å². The van der Waals surface area contributed by atoms with Crippen molar-refractivity contribution in [3.8, 4) is 0 Å². The average molecular weight is 251 g/mol. The largest absolute Gasteiger partial charge is 0.476 e. The summed E-state index contributed by atoms with van der Waals surface area (Å²) in [6, 6.07) is 0. The van der Waals surface area contributed by atoms with Crippen LogP contribution >= 0.6 is 27.7 Å². The van der Waals surface area contributed by atoms with Crippen LogP contribution in [0.4, 0.5) is 0 Å². The molecular formula is C6H7BrN2O2S. The van der Waals surface area contributed by atoms with Crippen LogP contribution in [0.2, 0.25) is 0 Å². The maximum atomic E-state index is 10.7. The van der Waals surface area contributed by atoms with E-state index in [0.29, 0.717) is 9.50 Å². The molecule has 0 aromatic carbocycles. The Bertz CT molecular complexity index is 324. The van der Waals surface area contributed by atoms with Crippen molar-refractivity contribution in [1.29, 1.82) is 0 Å². The van der Waals surface area contributed by atoms with E-state index in [1.165, 1.54) is 16.4 Å². The Morgan fingerprint density at radius 2 is 2.33 bits per heavy atom. The zero-order chi connectivity index (χ0) is 9.30. The van der Waals surface area contributed by atoms with Crippen LogP contribution in [0.3, 0.4) is 0 Å². The van der Waals surface area contributed by atoms with Crippen LogP contribution in [-0.2, 0) is 7.05 Å². The van der Waals surface area contributed by atoms with Crippen molar-refractivity contribution in [3.63, 3.8) is 0 Å². The third kappa shape index (κ3) is 1.49. The van der Waals surface area contributed by atoms with Crippen molar-refractivity contribution in [2.24, 2.45) is 7.05 Å². The molecule has 1 N–H and O–H groups in total. The van der Waals surface area contributed by atoms with Gasteiger partial charge in [-0.1, -0.05) is 0 Å². The maximum absolute atomic E-state index is 10.7. The number of aromatic carboxylic acids is 1. The van der Waals surface area contributed by atoms with Crippen molar-refractivity contribution >= 4 is 33.7 Å². The number of carboxylic acids is 1. The minimum absolute atomic E-state index is 0.180. The van der Waals surface area contributed by atoms with Crippen LogP contribution in [0.25, 0.3) is 0 Å². The van der Waals surface area contributed by atoms with E-state index in [4.69, 9.17) is 5.11 Å². The Hall–Kier alpha value is -0.490. The number of aromatic nitrogens is 2. The van der Waals surface area contributed by atoms with Gasteiger partial charge in [0.25, 0.3) is 0 Å². The molecule has 0 aliphatic rings. The smallest absolute Gasteiger partial charge is 0.355 e. The van der Waals surface area contributed by atoms with Gasteiger partial charge in [-0.3, -0.25) is 4.68 Å². The van der Waals surface area contributed by atoms with Crippen LogP contribution in [-0.4, -0.2) is 27.1 Å². The molecule has 0 spiro atoms. The van der Waals surface area contributed by atoms with Gasteiger partial charge in [-0.05, 0) is 22.2 Å². The summed E-state index contributed by atoms with van der Waals surface area (Å²) in [6.45, 7) is 0. The Labute approximate surface area is 82.1 Å². The highest BCUT2D eigenvalue weighted by molar-refractivity contribution is 9.10. The van der Waals surface area contributed by atoms with Crippen molar-refractivity contribution in [2.75, 3.05) is 6.26 Å². The molecule has 6 heteroatoms. The van der Waals surface area contributed by atoms with Gasteiger partial charge in [0.15, 0.2) is 5.69 Å². The Morgan fingerprint density at radius 1 is 1.75 bits per heavy atom. The highest BCUT2D eigenvalue weighted by Gasteiger charge is 2.18. The lowest BCUT2D eigenvalue weighted by molar-refractivity contribution is 0.0684. The second-order valence-electron chi connectivity index (χ2n) is 2.10. The summed E-state index contributed by atoms with van der Waals surface area (Å²) >= 11 is 4.58. The van der Waals surface area contributed by atoms with Crippen molar-refractivity contribution in [2.45, 2.75) is 5.03 Å². The predicted octanol–water partition coefficient (Wildman–Crippen LogP) is 1.60. The number of aryl methyl sites for hydroxylation is 1. The number of carboxylic acid groups (broad SMARTS) is 1. The number of nitrogens with zero attached hydrogens (tertiary/aromatic N) is 2. The molecule has 0 fully saturated rings. The van der Waals surface area contributed by atoms with Gasteiger partial charge in [0.2, 0.25) is 0 Å². The number of thioether (sulfide) groups is 1. The second-order valence-corrected chi connectivity index (χ2v) is 3.69. The number of hydrogen-bond acceptors (Lipinski definition) is 3. The quantitative estimate of drug-likeness (QED) is 0.811. The lowest BCUT2D eigenvalue weighted by Gasteiger charge is -1.93. The summed E-state index contributed by atoms with van der Waals surface area (Å²) in [7, 11) is 1.61. The molecule has 1 heterocycles. The van der Waals surface area contributed by atoms with Crippen LogP contribution < -0.4 is 0 Å². The minimum Gasteiger partial charge on any atom is -0.476 e. The van der Waals surface area contributed by atoms with Gasteiger partial charge < -0.3 is 5.11 Å². The highest BCUT2D eigenvalue weighted by Crippen LogP contribution is 2.27. The van der Waals surface area contributed by atoms with E-state index in [0.717, 1.165) is 0 Å². The maximum Gasteiger partial charge on any atom is 0.355 e. The van der Waals surface area contributed by atoms with Crippen LogP contribution in [0.5, 0.6) is 0 Å². The molecule has 66 valence electrons. The predicted molar refractivity (Wildman–Crippen MR) is 49.6 cm³/mol. The van der Waals surface area contributed by atoms with E-state index in [1.54, 1.807) is 7.05 Å². The first-order valence-corrected chi connectivity index (χ1v) is 5.09.